The Kier molecular flexibility index (Phi) is 4.46. The molecule has 1 N–H and O–H groups in total. The number of halogens is 3. The molecule has 0 saturated heterocycles. The molecule has 3 rings (SSSR count). The maximum absolute atomic E-state index is 13.1. The predicted octanol–water partition coefficient (Wildman–Crippen LogP) is 1.97. The number of nitrogens with zero attached hydrogens (tertiary/aromatic N) is 3. The zero-order valence-electron chi connectivity index (χ0n) is 13.4. The molecule has 1 aliphatic rings. The lowest BCUT2D eigenvalue weighted by Crippen LogP contribution is -2.42. The van der Waals surface area contributed by atoms with Crippen LogP contribution in [0.4, 0.5) is 13.2 Å². The maximum Gasteiger partial charge on any atom is 0.416 e. The minimum Gasteiger partial charge on any atom is -0.387 e. The van der Waals surface area contributed by atoms with E-state index in [0.717, 1.165) is 18.3 Å². The Morgan fingerprint density at radius 3 is 2.50 bits per heavy atom. The third-order valence-corrected chi connectivity index (χ3v) is 4.24. The van der Waals surface area contributed by atoms with Crippen LogP contribution in [0.5, 0.6) is 0 Å². The van der Waals surface area contributed by atoms with E-state index in [9.17, 15) is 27.9 Å². The van der Waals surface area contributed by atoms with Crippen molar-refractivity contribution in [1.29, 1.82) is 5.26 Å². The van der Waals surface area contributed by atoms with Crippen molar-refractivity contribution in [3.8, 4) is 6.07 Å². The van der Waals surface area contributed by atoms with Crippen LogP contribution in [0.2, 0.25) is 0 Å². The van der Waals surface area contributed by atoms with Crippen molar-refractivity contribution in [2.75, 3.05) is 0 Å². The summed E-state index contributed by atoms with van der Waals surface area (Å²) in [6.07, 6.45) is -3.84. The summed E-state index contributed by atoms with van der Waals surface area (Å²) in [5.41, 5.74) is -3.46. The number of aliphatic hydroxyl groups is 1. The number of rotatable bonds is 4. The minimum absolute atomic E-state index is 0.138. The highest BCUT2D eigenvalue weighted by Gasteiger charge is 2.35. The number of aromatic nitrogens is 2. The third-order valence-electron chi connectivity index (χ3n) is 4.24. The van der Waals surface area contributed by atoms with Gasteiger partial charge < -0.3 is 5.11 Å². The van der Waals surface area contributed by atoms with Crippen LogP contribution in [0.15, 0.2) is 40.1 Å². The molecule has 1 aliphatic carbocycles. The highest BCUT2D eigenvalue weighted by atomic mass is 19.4. The van der Waals surface area contributed by atoms with Crippen molar-refractivity contribution in [2.24, 2.45) is 0 Å². The summed E-state index contributed by atoms with van der Waals surface area (Å²) < 4.78 is 41.2. The fraction of sp³-hybridized carbons (Fsp3) is 0.353. The molecule has 136 valence electrons. The van der Waals surface area contributed by atoms with E-state index in [2.05, 4.69) is 0 Å². The molecular weight excluding hydrogens is 351 g/mol. The number of benzene rings is 1. The quantitative estimate of drug-likeness (QED) is 0.897. The number of aliphatic hydroxyl groups excluding tert-OH is 1. The SMILES string of the molecule is N#Cc1cn(C2CC2)c(=O)n(C[C@H](O)c2ccccc2C(F)(F)F)c1=O. The van der Waals surface area contributed by atoms with Crippen molar-refractivity contribution in [1.82, 2.24) is 9.13 Å². The van der Waals surface area contributed by atoms with Gasteiger partial charge in [-0.1, -0.05) is 18.2 Å². The van der Waals surface area contributed by atoms with Crippen LogP contribution in [0.1, 0.15) is 41.7 Å². The van der Waals surface area contributed by atoms with Gasteiger partial charge in [0.15, 0.2) is 0 Å². The number of hydrogen-bond acceptors (Lipinski definition) is 4. The molecule has 0 amide bonds. The van der Waals surface area contributed by atoms with E-state index in [-0.39, 0.29) is 11.6 Å². The van der Waals surface area contributed by atoms with Crippen molar-refractivity contribution >= 4 is 0 Å². The molecule has 0 radical (unpaired) electrons. The van der Waals surface area contributed by atoms with E-state index in [1.807, 2.05) is 0 Å². The average molecular weight is 365 g/mol. The molecule has 1 saturated carbocycles. The van der Waals surface area contributed by atoms with Gasteiger partial charge in [-0.25, -0.2) is 4.79 Å². The van der Waals surface area contributed by atoms with Crippen molar-refractivity contribution in [3.05, 3.63) is 68.0 Å². The molecule has 9 heteroatoms. The Hall–Kier alpha value is -2.86. The van der Waals surface area contributed by atoms with Crippen molar-refractivity contribution in [2.45, 2.75) is 37.7 Å². The number of nitriles is 1. The zero-order chi connectivity index (χ0) is 19.1. The first kappa shape index (κ1) is 17.9. The summed E-state index contributed by atoms with van der Waals surface area (Å²) in [5.74, 6) is 0. The van der Waals surface area contributed by atoms with Crippen LogP contribution in [-0.2, 0) is 12.7 Å². The van der Waals surface area contributed by atoms with Gasteiger partial charge in [0.1, 0.15) is 11.6 Å². The van der Waals surface area contributed by atoms with E-state index in [1.54, 1.807) is 6.07 Å². The van der Waals surface area contributed by atoms with Gasteiger partial charge in [0, 0.05) is 12.2 Å². The summed E-state index contributed by atoms with van der Waals surface area (Å²) in [6, 6.07) is 5.95. The van der Waals surface area contributed by atoms with E-state index in [1.165, 1.54) is 16.7 Å². The fourth-order valence-corrected chi connectivity index (χ4v) is 2.79. The first-order valence-corrected chi connectivity index (χ1v) is 7.84. The highest BCUT2D eigenvalue weighted by molar-refractivity contribution is 5.31. The van der Waals surface area contributed by atoms with E-state index in [0.29, 0.717) is 17.4 Å². The average Bonchev–Trinajstić information content (AvgIpc) is 3.43. The van der Waals surface area contributed by atoms with E-state index in [4.69, 9.17) is 5.26 Å². The first-order chi connectivity index (χ1) is 12.2. The second-order valence-corrected chi connectivity index (χ2v) is 6.09. The fourth-order valence-electron chi connectivity index (χ4n) is 2.79. The number of hydrogen-bond donors (Lipinski definition) is 1. The number of alkyl halides is 3. The smallest absolute Gasteiger partial charge is 0.387 e. The van der Waals surface area contributed by atoms with Gasteiger partial charge in [-0.05, 0) is 24.5 Å². The molecule has 0 bridgehead atoms. The molecule has 1 fully saturated rings. The van der Waals surface area contributed by atoms with Crippen LogP contribution in [-0.4, -0.2) is 14.2 Å². The Morgan fingerprint density at radius 1 is 1.27 bits per heavy atom. The van der Waals surface area contributed by atoms with Gasteiger partial charge in [-0.15, -0.1) is 0 Å². The van der Waals surface area contributed by atoms with E-state index >= 15 is 0 Å². The van der Waals surface area contributed by atoms with E-state index < -0.39 is 41.2 Å². The molecule has 0 aliphatic heterocycles. The first-order valence-electron chi connectivity index (χ1n) is 7.84. The molecular formula is C17H14F3N3O3. The summed E-state index contributed by atoms with van der Waals surface area (Å²) in [4.78, 5) is 24.7. The predicted molar refractivity (Wildman–Crippen MR) is 84.4 cm³/mol. The lowest BCUT2D eigenvalue weighted by atomic mass is 10.0. The van der Waals surface area contributed by atoms with Gasteiger partial charge in [0.25, 0.3) is 5.56 Å². The molecule has 2 aromatic rings. The molecule has 0 unspecified atom stereocenters. The molecule has 1 aromatic heterocycles. The van der Waals surface area contributed by atoms with Gasteiger partial charge in [-0.3, -0.25) is 13.9 Å². The van der Waals surface area contributed by atoms with Gasteiger partial charge in [0.2, 0.25) is 0 Å². The highest BCUT2D eigenvalue weighted by Crippen LogP contribution is 2.35. The largest absolute Gasteiger partial charge is 0.416 e. The lowest BCUT2D eigenvalue weighted by Gasteiger charge is -2.18. The minimum atomic E-state index is -4.69. The molecule has 26 heavy (non-hydrogen) atoms. The Balaban J connectivity index is 2.05. The normalized spacial score (nSPS) is 15.5. The van der Waals surface area contributed by atoms with Gasteiger partial charge in [0.05, 0.1) is 18.2 Å². The molecule has 6 nitrogen and oxygen atoms in total. The van der Waals surface area contributed by atoms with Crippen molar-refractivity contribution < 1.29 is 18.3 Å². The Labute approximate surface area is 145 Å². The van der Waals surface area contributed by atoms with Crippen molar-refractivity contribution in [3.63, 3.8) is 0 Å². The molecule has 0 spiro atoms. The zero-order valence-corrected chi connectivity index (χ0v) is 13.4. The summed E-state index contributed by atoms with van der Waals surface area (Å²) in [6.45, 7) is -0.674. The topological polar surface area (TPSA) is 88.0 Å². The summed E-state index contributed by atoms with van der Waals surface area (Å²) >= 11 is 0. The Morgan fingerprint density at radius 2 is 1.92 bits per heavy atom. The van der Waals surface area contributed by atoms with Crippen LogP contribution in [0.3, 0.4) is 0 Å². The van der Waals surface area contributed by atoms with Crippen LogP contribution in [0, 0.1) is 11.3 Å². The molecule has 1 atom stereocenters. The summed E-state index contributed by atoms with van der Waals surface area (Å²) in [7, 11) is 0. The maximum atomic E-state index is 13.1. The van der Waals surface area contributed by atoms with Crippen LogP contribution >= 0.6 is 0 Å². The van der Waals surface area contributed by atoms with Crippen LogP contribution < -0.4 is 11.2 Å². The summed E-state index contributed by atoms with van der Waals surface area (Å²) in [5, 5.41) is 19.4. The van der Waals surface area contributed by atoms with Gasteiger partial charge >= 0.3 is 11.9 Å². The monoisotopic (exact) mass is 365 g/mol. The lowest BCUT2D eigenvalue weighted by molar-refractivity contribution is -0.139. The molecule has 1 aromatic carbocycles. The molecule has 1 heterocycles. The Bertz CT molecular complexity index is 997. The third kappa shape index (κ3) is 3.28. The van der Waals surface area contributed by atoms with Gasteiger partial charge in [-0.2, -0.15) is 18.4 Å². The van der Waals surface area contributed by atoms with Crippen LogP contribution in [0.25, 0.3) is 0 Å². The second kappa shape index (κ2) is 6.46. The standard InChI is InChI=1S/C17H14F3N3O3/c18-17(19,20)13-4-2-1-3-12(13)14(24)9-23-15(25)10(7-21)8-22(16(23)26)11-5-6-11/h1-4,8,11,14,24H,5-6,9H2/t14-/m0/s1. The second-order valence-electron chi connectivity index (χ2n) is 6.09.